The topological polar surface area (TPSA) is 27.7 Å². The molecule has 0 spiro atoms. The Morgan fingerprint density at radius 1 is 0.667 bits per heavy atom. The predicted molar refractivity (Wildman–Crippen MR) is 109 cm³/mol. The molecule has 0 saturated carbocycles. The van der Waals surface area contributed by atoms with E-state index in [0.29, 0.717) is 6.61 Å². The zero-order valence-electron chi connectivity index (χ0n) is 16.1. The molecule has 0 aliphatic heterocycles. The van der Waals surface area contributed by atoms with E-state index in [1.54, 1.807) is 14.2 Å². The summed E-state index contributed by atoms with van der Waals surface area (Å²) >= 11 is 0. The fourth-order valence-corrected chi connectivity index (χ4v) is 3.49. The first kappa shape index (κ1) is 19.0. The molecule has 3 heteroatoms. The molecular formula is C24H26O3. The van der Waals surface area contributed by atoms with Crippen LogP contribution < -0.4 is 9.47 Å². The van der Waals surface area contributed by atoms with E-state index in [2.05, 4.69) is 31.2 Å². The molecule has 3 aromatic carbocycles. The van der Waals surface area contributed by atoms with Crippen molar-refractivity contribution in [2.24, 2.45) is 0 Å². The zero-order valence-corrected chi connectivity index (χ0v) is 16.1. The maximum Gasteiger partial charge on any atom is 0.150 e. The summed E-state index contributed by atoms with van der Waals surface area (Å²) in [4.78, 5) is 0. The molecule has 0 unspecified atom stereocenters. The minimum absolute atomic E-state index is 0.602. The highest BCUT2D eigenvalue weighted by Crippen LogP contribution is 2.47. The van der Waals surface area contributed by atoms with Gasteiger partial charge in [-0.05, 0) is 24.1 Å². The van der Waals surface area contributed by atoms with Crippen molar-refractivity contribution in [1.82, 2.24) is 0 Å². The predicted octanol–water partition coefficient (Wildman–Crippen LogP) is 5.42. The van der Waals surface area contributed by atoms with Crippen LogP contribution in [0.25, 0.3) is 0 Å². The van der Waals surface area contributed by atoms with E-state index in [0.717, 1.165) is 34.6 Å². The molecule has 0 bridgehead atoms. The van der Waals surface area contributed by atoms with Gasteiger partial charge in [0.05, 0.1) is 14.2 Å². The lowest BCUT2D eigenvalue weighted by Crippen LogP contribution is -2.34. The molecule has 0 heterocycles. The van der Waals surface area contributed by atoms with Crippen LogP contribution in [0.3, 0.4) is 0 Å². The van der Waals surface area contributed by atoms with Crippen LogP contribution in [-0.2, 0) is 10.3 Å². The fraction of sp³-hybridized carbons (Fsp3) is 0.250. The van der Waals surface area contributed by atoms with E-state index in [9.17, 15) is 0 Å². The van der Waals surface area contributed by atoms with Gasteiger partial charge in [0.25, 0.3) is 0 Å². The summed E-state index contributed by atoms with van der Waals surface area (Å²) in [5.41, 5.74) is 2.11. The van der Waals surface area contributed by atoms with Crippen LogP contribution in [0.4, 0.5) is 0 Å². The molecule has 140 valence electrons. The first-order chi connectivity index (χ1) is 13.3. The summed E-state index contributed by atoms with van der Waals surface area (Å²) in [6, 6.07) is 26.3. The van der Waals surface area contributed by atoms with E-state index in [-0.39, 0.29) is 0 Å². The smallest absolute Gasteiger partial charge is 0.150 e. The molecule has 0 radical (unpaired) electrons. The van der Waals surface area contributed by atoms with Gasteiger partial charge in [-0.3, -0.25) is 0 Å². The molecule has 3 nitrogen and oxygen atoms in total. The minimum Gasteiger partial charge on any atom is -0.496 e. The van der Waals surface area contributed by atoms with E-state index in [4.69, 9.17) is 14.2 Å². The van der Waals surface area contributed by atoms with Crippen molar-refractivity contribution < 1.29 is 14.2 Å². The lowest BCUT2D eigenvalue weighted by molar-refractivity contribution is 0.0101. The number of hydrogen-bond donors (Lipinski definition) is 0. The fourth-order valence-electron chi connectivity index (χ4n) is 3.49. The average molecular weight is 362 g/mol. The second-order valence-electron chi connectivity index (χ2n) is 6.30. The molecule has 0 aromatic heterocycles. The van der Waals surface area contributed by atoms with Crippen LogP contribution in [0.2, 0.25) is 0 Å². The van der Waals surface area contributed by atoms with Gasteiger partial charge in [-0.15, -0.1) is 0 Å². The van der Waals surface area contributed by atoms with Gasteiger partial charge in [0.2, 0.25) is 0 Å². The first-order valence-corrected chi connectivity index (χ1v) is 9.24. The van der Waals surface area contributed by atoms with Crippen LogP contribution in [-0.4, -0.2) is 20.8 Å². The molecule has 3 aromatic rings. The number of benzene rings is 3. The van der Waals surface area contributed by atoms with Crippen molar-refractivity contribution in [3.05, 3.63) is 95.6 Å². The van der Waals surface area contributed by atoms with Gasteiger partial charge in [0.15, 0.2) is 5.60 Å². The van der Waals surface area contributed by atoms with Gasteiger partial charge in [-0.25, -0.2) is 0 Å². The van der Waals surface area contributed by atoms with Gasteiger partial charge >= 0.3 is 0 Å². The van der Waals surface area contributed by atoms with Gasteiger partial charge in [0, 0.05) is 17.7 Å². The number of hydrogen-bond acceptors (Lipinski definition) is 3. The molecule has 0 aliphatic carbocycles. The van der Waals surface area contributed by atoms with Crippen molar-refractivity contribution >= 4 is 0 Å². The van der Waals surface area contributed by atoms with Crippen molar-refractivity contribution in [2.45, 2.75) is 18.9 Å². The highest BCUT2D eigenvalue weighted by molar-refractivity contribution is 5.56. The number of rotatable bonds is 8. The van der Waals surface area contributed by atoms with Crippen LogP contribution in [0.5, 0.6) is 11.5 Å². The molecule has 27 heavy (non-hydrogen) atoms. The van der Waals surface area contributed by atoms with Crippen LogP contribution in [0.1, 0.15) is 30.0 Å². The van der Waals surface area contributed by atoms with Gasteiger partial charge in [-0.1, -0.05) is 73.7 Å². The third-order valence-electron chi connectivity index (χ3n) is 4.68. The lowest BCUT2D eigenvalue weighted by atomic mass is 9.79. The number of methoxy groups -OCH3 is 2. The molecule has 0 amide bonds. The molecule has 3 rings (SSSR count). The summed E-state index contributed by atoms with van der Waals surface area (Å²) < 4.78 is 18.1. The van der Waals surface area contributed by atoms with E-state index >= 15 is 0 Å². The van der Waals surface area contributed by atoms with Crippen molar-refractivity contribution in [3.63, 3.8) is 0 Å². The van der Waals surface area contributed by atoms with E-state index in [1.807, 2.05) is 54.6 Å². The van der Waals surface area contributed by atoms with Gasteiger partial charge in [-0.2, -0.15) is 0 Å². The van der Waals surface area contributed by atoms with Crippen LogP contribution >= 0.6 is 0 Å². The average Bonchev–Trinajstić information content (AvgIpc) is 2.75. The monoisotopic (exact) mass is 362 g/mol. The van der Waals surface area contributed by atoms with Crippen molar-refractivity contribution in [2.75, 3.05) is 20.8 Å². The Hall–Kier alpha value is -2.78. The Kier molecular flexibility index (Phi) is 6.15. The lowest BCUT2D eigenvalue weighted by Gasteiger charge is -2.37. The second-order valence-corrected chi connectivity index (χ2v) is 6.30. The maximum atomic E-state index is 6.66. The normalized spacial score (nSPS) is 11.2. The summed E-state index contributed by atoms with van der Waals surface area (Å²) in [5, 5.41) is 0. The molecular weight excluding hydrogens is 336 g/mol. The molecule has 0 N–H and O–H groups in total. The van der Waals surface area contributed by atoms with Crippen molar-refractivity contribution in [3.8, 4) is 11.5 Å². The molecule has 0 fully saturated rings. The Labute approximate surface area is 161 Å². The molecule has 0 atom stereocenters. The van der Waals surface area contributed by atoms with E-state index < -0.39 is 5.60 Å². The number of para-hydroxylation sites is 2. The SMILES string of the molecule is CCCOC(c1ccccc1)(c1ccccc1OC)c1ccccc1OC. The summed E-state index contributed by atoms with van der Waals surface area (Å²) in [6.07, 6.45) is 0.902. The Morgan fingerprint density at radius 2 is 1.15 bits per heavy atom. The van der Waals surface area contributed by atoms with Crippen LogP contribution in [0.15, 0.2) is 78.9 Å². The van der Waals surface area contributed by atoms with Crippen LogP contribution in [0, 0.1) is 0 Å². The Balaban J connectivity index is 2.39. The molecule has 0 saturated heterocycles. The summed E-state index contributed by atoms with van der Waals surface area (Å²) in [5.74, 6) is 1.56. The standard InChI is InChI=1S/C24H26O3/c1-4-18-27-24(19-12-6-5-7-13-19,20-14-8-10-16-22(20)25-2)21-15-9-11-17-23(21)26-3/h5-17H,4,18H2,1-3H3. The van der Waals surface area contributed by atoms with Crippen molar-refractivity contribution in [1.29, 1.82) is 0 Å². The third-order valence-corrected chi connectivity index (χ3v) is 4.68. The largest absolute Gasteiger partial charge is 0.496 e. The zero-order chi connectivity index (χ0) is 19.1. The molecule has 0 aliphatic rings. The minimum atomic E-state index is -0.837. The Morgan fingerprint density at radius 3 is 1.63 bits per heavy atom. The summed E-state index contributed by atoms with van der Waals surface area (Å²) in [6.45, 7) is 2.71. The van der Waals surface area contributed by atoms with Gasteiger partial charge in [0.1, 0.15) is 11.5 Å². The van der Waals surface area contributed by atoms with E-state index in [1.165, 1.54) is 0 Å². The quantitative estimate of drug-likeness (QED) is 0.501. The highest BCUT2D eigenvalue weighted by atomic mass is 16.5. The maximum absolute atomic E-state index is 6.66. The second kappa shape index (κ2) is 8.74. The summed E-state index contributed by atoms with van der Waals surface area (Å²) in [7, 11) is 3.38. The number of ether oxygens (including phenoxy) is 3. The highest BCUT2D eigenvalue weighted by Gasteiger charge is 2.41. The van der Waals surface area contributed by atoms with Gasteiger partial charge < -0.3 is 14.2 Å². The third kappa shape index (κ3) is 3.56. The first-order valence-electron chi connectivity index (χ1n) is 9.24. The Bertz CT molecular complexity index is 811.